The van der Waals surface area contributed by atoms with E-state index in [1.54, 1.807) is 0 Å². The standard InChI is InChI=1S/C15H33NO6.C9H20O4/c1-2-3-15(22-13-8-19)14-16(4-9-20-11-6-17)5-10-21-12-7-18;1-2-3-9(13-7-5-11)8-12-6-4-10/h15,17-19H,2-14H2,1H3;9-11H,2-8H2,1H3. The molecule has 0 aromatic heterocycles. The molecule has 11 heteroatoms. The van der Waals surface area contributed by atoms with Gasteiger partial charge in [0.15, 0.2) is 0 Å². The molecule has 0 aromatic carbocycles. The van der Waals surface area contributed by atoms with Crippen LogP contribution in [0.25, 0.3) is 0 Å². The van der Waals surface area contributed by atoms with Crippen LogP contribution in [0.4, 0.5) is 0 Å². The van der Waals surface area contributed by atoms with Gasteiger partial charge >= 0.3 is 0 Å². The molecule has 0 aliphatic carbocycles. The second-order valence-electron chi connectivity index (χ2n) is 7.78. The largest absolute Gasteiger partial charge is 0.394 e. The molecule has 0 spiro atoms. The molecule has 0 saturated heterocycles. The molecule has 0 bridgehead atoms. The molecule has 0 radical (unpaired) electrons. The molecule has 0 aromatic rings. The van der Waals surface area contributed by atoms with Crippen LogP contribution in [-0.2, 0) is 23.7 Å². The van der Waals surface area contributed by atoms with Gasteiger partial charge in [0, 0.05) is 19.6 Å². The average Bonchev–Trinajstić information content (AvgIpc) is 2.86. The number of aliphatic hydroxyl groups excluding tert-OH is 5. The van der Waals surface area contributed by atoms with Gasteiger partial charge in [0.05, 0.1) is 98.1 Å². The highest BCUT2D eigenvalue weighted by molar-refractivity contribution is 4.67. The van der Waals surface area contributed by atoms with Crippen LogP contribution in [0.5, 0.6) is 0 Å². The maximum absolute atomic E-state index is 8.89. The summed E-state index contributed by atoms with van der Waals surface area (Å²) < 4.78 is 26.7. The molecule has 0 amide bonds. The SMILES string of the molecule is CCCC(CN(CCOCCO)CCOCCO)OCCO.CCCC(COCCO)OCCO. The molecule has 0 heterocycles. The summed E-state index contributed by atoms with van der Waals surface area (Å²) in [6.45, 7) is 9.85. The maximum atomic E-state index is 8.89. The first kappa shape index (κ1) is 36.7. The Morgan fingerprint density at radius 3 is 1.43 bits per heavy atom. The lowest BCUT2D eigenvalue weighted by Gasteiger charge is -2.27. The summed E-state index contributed by atoms with van der Waals surface area (Å²) in [6.07, 6.45) is 4.03. The molecular formula is C24H53NO10. The molecular weight excluding hydrogens is 462 g/mol. The van der Waals surface area contributed by atoms with Gasteiger partial charge in [0.25, 0.3) is 0 Å². The van der Waals surface area contributed by atoms with Crippen molar-refractivity contribution in [3.63, 3.8) is 0 Å². The third-order valence-electron chi connectivity index (χ3n) is 4.69. The van der Waals surface area contributed by atoms with E-state index < -0.39 is 0 Å². The fraction of sp³-hybridized carbons (Fsp3) is 1.00. The fourth-order valence-electron chi connectivity index (χ4n) is 3.11. The monoisotopic (exact) mass is 515 g/mol. The topological polar surface area (TPSA) is 151 Å². The molecule has 0 rings (SSSR count). The van der Waals surface area contributed by atoms with Gasteiger partial charge < -0.3 is 49.2 Å². The van der Waals surface area contributed by atoms with Gasteiger partial charge in [-0.2, -0.15) is 0 Å². The van der Waals surface area contributed by atoms with Crippen LogP contribution in [0, 0.1) is 0 Å². The Bertz CT molecular complexity index is 370. The zero-order chi connectivity index (χ0) is 26.4. The molecule has 11 nitrogen and oxygen atoms in total. The van der Waals surface area contributed by atoms with Crippen molar-refractivity contribution in [3.05, 3.63) is 0 Å². The van der Waals surface area contributed by atoms with Crippen LogP contribution < -0.4 is 0 Å². The molecule has 0 aliphatic rings. The van der Waals surface area contributed by atoms with E-state index in [0.29, 0.717) is 52.9 Å². The van der Waals surface area contributed by atoms with Gasteiger partial charge in [-0.1, -0.05) is 26.7 Å². The Morgan fingerprint density at radius 2 is 0.971 bits per heavy atom. The highest BCUT2D eigenvalue weighted by Gasteiger charge is 2.14. The minimum atomic E-state index is 0.0255. The first-order chi connectivity index (χ1) is 17.1. The predicted molar refractivity (Wildman–Crippen MR) is 134 cm³/mol. The lowest BCUT2D eigenvalue weighted by atomic mass is 10.2. The summed E-state index contributed by atoms with van der Waals surface area (Å²) in [6, 6.07) is 0. The zero-order valence-electron chi connectivity index (χ0n) is 22.0. The minimum absolute atomic E-state index is 0.0255. The van der Waals surface area contributed by atoms with Gasteiger partial charge in [0.1, 0.15) is 0 Å². The first-order valence-corrected chi connectivity index (χ1v) is 12.9. The van der Waals surface area contributed by atoms with Gasteiger partial charge in [-0.05, 0) is 12.8 Å². The Morgan fingerprint density at radius 1 is 0.543 bits per heavy atom. The molecule has 5 N–H and O–H groups in total. The Balaban J connectivity index is 0. The summed E-state index contributed by atoms with van der Waals surface area (Å²) >= 11 is 0. The lowest BCUT2D eigenvalue weighted by molar-refractivity contribution is -0.0369. The Kier molecular flexibility index (Phi) is 33.1. The summed E-state index contributed by atoms with van der Waals surface area (Å²) in [5.74, 6) is 0. The van der Waals surface area contributed by atoms with E-state index in [4.69, 9.17) is 49.2 Å². The Hall–Kier alpha value is -0.440. The maximum Gasteiger partial charge on any atom is 0.0809 e. The predicted octanol–water partition coefficient (Wildman–Crippen LogP) is -0.343. The van der Waals surface area contributed by atoms with E-state index in [0.717, 1.165) is 45.3 Å². The number of rotatable bonds is 26. The number of nitrogens with zero attached hydrogens (tertiary/aromatic N) is 1. The highest BCUT2D eigenvalue weighted by Crippen LogP contribution is 2.06. The second kappa shape index (κ2) is 31.6. The highest BCUT2D eigenvalue weighted by atomic mass is 16.5. The van der Waals surface area contributed by atoms with Crippen molar-refractivity contribution in [1.29, 1.82) is 0 Å². The van der Waals surface area contributed by atoms with Crippen LogP contribution in [0.15, 0.2) is 0 Å². The summed E-state index contributed by atoms with van der Waals surface area (Å²) in [5, 5.41) is 43.4. The normalized spacial score (nSPS) is 13.0. The van der Waals surface area contributed by atoms with Crippen LogP contribution in [-0.4, -0.2) is 148 Å². The smallest absolute Gasteiger partial charge is 0.0809 e. The third kappa shape index (κ3) is 28.0. The number of hydrogen-bond donors (Lipinski definition) is 5. The van der Waals surface area contributed by atoms with Crippen LogP contribution in [0.2, 0.25) is 0 Å². The minimum Gasteiger partial charge on any atom is -0.394 e. The van der Waals surface area contributed by atoms with Crippen molar-refractivity contribution >= 4 is 0 Å². The fourth-order valence-corrected chi connectivity index (χ4v) is 3.11. The van der Waals surface area contributed by atoms with Crippen molar-refractivity contribution in [2.75, 3.05) is 106 Å². The van der Waals surface area contributed by atoms with Gasteiger partial charge in [-0.25, -0.2) is 0 Å². The van der Waals surface area contributed by atoms with Crippen LogP contribution in [0.3, 0.4) is 0 Å². The summed E-state index contributed by atoms with van der Waals surface area (Å²) in [7, 11) is 0. The van der Waals surface area contributed by atoms with Gasteiger partial charge in [-0.3, -0.25) is 4.90 Å². The van der Waals surface area contributed by atoms with E-state index in [-0.39, 0.29) is 45.2 Å². The third-order valence-corrected chi connectivity index (χ3v) is 4.69. The summed E-state index contributed by atoms with van der Waals surface area (Å²) in [5.41, 5.74) is 0. The summed E-state index contributed by atoms with van der Waals surface area (Å²) in [4.78, 5) is 2.19. The van der Waals surface area contributed by atoms with Crippen molar-refractivity contribution in [3.8, 4) is 0 Å². The van der Waals surface area contributed by atoms with E-state index in [1.165, 1.54) is 0 Å². The Labute approximate surface area is 211 Å². The molecule has 2 atom stereocenters. The van der Waals surface area contributed by atoms with Crippen LogP contribution >= 0.6 is 0 Å². The van der Waals surface area contributed by atoms with Gasteiger partial charge in [0.2, 0.25) is 0 Å². The van der Waals surface area contributed by atoms with E-state index >= 15 is 0 Å². The number of aliphatic hydroxyl groups is 5. The number of hydrogen-bond acceptors (Lipinski definition) is 11. The lowest BCUT2D eigenvalue weighted by Crippen LogP contribution is -2.39. The molecule has 0 fully saturated rings. The molecule has 35 heavy (non-hydrogen) atoms. The molecule has 0 saturated carbocycles. The average molecular weight is 516 g/mol. The van der Waals surface area contributed by atoms with Gasteiger partial charge in [-0.15, -0.1) is 0 Å². The van der Waals surface area contributed by atoms with Crippen molar-refractivity contribution < 1.29 is 49.2 Å². The van der Waals surface area contributed by atoms with Crippen LogP contribution in [0.1, 0.15) is 39.5 Å². The van der Waals surface area contributed by atoms with E-state index in [1.807, 2.05) is 0 Å². The van der Waals surface area contributed by atoms with E-state index in [2.05, 4.69) is 18.7 Å². The molecule has 214 valence electrons. The molecule has 0 aliphatic heterocycles. The number of ether oxygens (including phenoxy) is 5. The van der Waals surface area contributed by atoms with Crippen molar-refractivity contribution in [2.24, 2.45) is 0 Å². The zero-order valence-corrected chi connectivity index (χ0v) is 22.0. The quantitative estimate of drug-likeness (QED) is 0.0962. The first-order valence-electron chi connectivity index (χ1n) is 12.9. The van der Waals surface area contributed by atoms with Crippen molar-refractivity contribution in [2.45, 2.75) is 51.7 Å². The van der Waals surface area contributed by atoms with E-state index in [9.17, 15) is 0 Å². The van der Waals surface area contributed by atoms with Crippen molar-refractivity contribution in [1.82, 2.24) is 4.90 Å². The molecule has 2 unspecified atom stereocenters. The second-order valence-corrected chi connectivity index (χ2v) is 7.78.